The van der Waals surface area contributed by atoms with E-state index in [2.05, 4.69) is 34.8 Å². The van der Waals surface area contributed by atoms with E-state index in [9.17, 15) is 9.59 Å². The molecule has 10 nitrogen and oxygen atoms in total. The largest absolute Gasteiger partial charge is 0.457 e. The third-order valence-electron chi connectivity index (χ3n) is 6.51. The number of anilines is 2. The average molecular weight is 514 g/mol. The van der Waals surface area contributed by atoms with Crippen molar-refractivity contribution in [1.82, 2.24) is 30.1 Å². The Labute approximate surface area is 221 Å². The third kappa shape index (κ3) is 5.30. The number of nitrogens with zero attached hydrogens (tertiary/aromatic N) is 4. The Morgan fingerprint density at radius 1 is 1.00 bits per heavy atom. The van der Waals surface area contributed by atoms with Crippen LogP contribution in [0.5, 0.6) is 11.5 Å². The van der Waals surface area contributed by atoms with Crippen LogP contribution in [0.1, 0.15) is 34.7 Å². The van der Waals surface area contributed by atoms with Crippen LogP contribution in [-0.4, -0.2) is 63.5 Å². The molecule has 10 heteroatoms. The van der Waals surface area contributed by atoms with E-state index in [1.54, 1.807) is 19.2 Å². The van der Waals surface area contributed by atoms with Gasteiger partial charge >= 0.3 is 0 Å². The van der Waals surface area contributed by atoms with Crippen molar-refractivity contribution in [3.05, 3.63) is 72.1 Å². The molecule has 0 radical (unpaired) electrons. The molecule has 38 heavy (non-hydrogen) atoms. The van der Waals surface area contributed by atoms with Gasteiger partial charge < -0.3 is 30.2 Å². The molecule has 5 rings (SSSR count). The second kappa shape index (κ2) is 10.5. The number of amides is 2. The highest BCUT2D eigenvalue weighted by Crippen LogP contribution is 2.28. The number of carbonyl (C=O) groups excluding carboxylic acids is 2. The van der Waals surface area contributed by atoms with Crippen molar-refractivity contribution in [3.63, 3.8) is 0 Å². The Morgan fingerprint density at radius 2 is 1.71 bits per heavy atom. The van der Waals surface area contributed by atoms with Crippen molar-refractivity contribution in [3.8, 4) is 11.5 Å². The fraction of sp³-hybridized carbons (Fsp3) is 0.286. The molecule has 2 amide bonds. The van der Waals surface area contributed by atoms with Crippen molar-refractivity contribution in [2.75, 3.05) is 25.5 Å². The number of carbonyl (C=O) groups is 2. The minimum atomic E-state index is -0.281. The fourth-order valence-electron chi connectivity index (χ4n) is 4.72. The molecule has 1 aliphatic rings. The number of hydrogen-bond donors (Lipinski definition) is 3. The quantitative estimate of drug-likeness (QED) is 0.360. The van der Waals surface area contributed by atoms with Gasteiger partial charge in [0.2, 0.25) is 5.95 Å². The zero-order valence-electron chi connectivity index (χ0n) is 21.9. The van der Waals surface area contributed by atoms with E-state index in [0.29, 0.717) is 36.1 Å². The van der Waals surface area contributed by atoms with E-state index in [4.69, 9.17) is 9.72 Å². The summed E-state index contributed by atoms with van der Waals surface area (Å²) >= 11 is 0. The lowest BCUT2D eigenvalue weighted by molar-refractivity contribution is 0.0673. The van der Waals surface area contributed by atoms with E-state index in [1.807, 2.05) is 59.0 Å². The molecular formula is C28H31N7O3. The number of hydrogen-bond acceptors (Lipinski definition) is 7. The Hall–Kier alpha value is -4.44. The van der Waals surface area contributed by atoms with Crippen LogP contribution in [0, 0.1) is 0 Å². The molecule has 2 aromatic heterocycles. The zero-order valence-corrected chi connectivity index (χ0v) is 21.9. The highest BCUT2D eigenvalue weighted by atomic mass is 16.5. The van der Waals surface area contributed by atoms with Crippen LogP contribution in [0.25, 0.3) is 11.0 Å². The van der Waals surface area contributed by atoms with Crippen LogP contribution in [0.15, 0.2) is 60.8 Å². The third-order valence-corrected chi connectivity index (χ3v) is 6.51. The minimum Gasteiger partial charge on any atom is -0.457 e. The minimum absolute atomic E-state index is 0.0450. The Bertz CT molecular complexity index is 1470. The number of nitrogens with one attached hydrogen (secondary N) is 3. The number of aryl methyl sites for hydroxylation is 1. The van der Waals surface area contributed by atoms with Gasteiger partial charge in [-0.1, -0.05) is 0 Å². The molecule has 1 aliphatic heterocycles. The SMILES string of the molecule is CNC(=O)c1cc(Oc2ccc3c(c2)nc(Nc2ccc(C(=O)N4C[C@@H](C)N[C@@H](C)C4)cc2)n3C)ccn1. The van der Waals surface area contributed by atoms with E-state index >= 15 is 0 Å². The molecule has 0 bridgehead atoms. The van der Waals surface area contributed by atoms with Gasteiger partial charge in [0, 0.05) is 68.8 Å². The van der Waals surface area contributed by atoms with Gasteiger partial charge in [-0.25, -0.2) is 4.98 Å². The molecular weight excluding hydrogens is 482 g/mol. The summed E-state index contributed by atoms with van der Waals surface area (Å²) in [6, 6.07) is 16.9. The predicted octanol–water partition coefficient (Wildman–Crippen LogP) is 3.69. The predicted molar refractivity (Wildman–Crippen MR) is 146 cm³/mol. The standard InChI is InChI=1S/C28H31N7O3/c1-17-15-35(16-18(2)31-17)27(37)19-5-7-20(8-6-19)32-28-33-23-13-21(9-10-25(23)34(28)4)38-22-11-12-30-24(14-22)26(36)29-3/h5-14,17-18,31H,15-16H2,1-4H3,(H,29,36)(H,32,33)/t17-,18+. The van der Waals surface area contributed by atoms with Crippen LogP contribution >= 0.6 is 0 Å². The van der Waals surface area contributed by atoms with Gasteiger partial charge in [-0.3, -0.25) is 14.6 Å². The molecule has 0 aliphatic carbocycles. The molecule has 0 spiro atoms. The van der Waals surface area contributed by atoms with Crippen molar-refractivity contribution in [1.29, 1.82) is 0 Å². The first-order chi connectivity index (χ1) is 18.3. The molecule has 2 atom stereocenters. The van der Waals surface area contributed by atoms with Gasteiger partial charge in [0.1, 0.15) is 17.2 Å². The molecule has 0 saturated carbocycles. The Kier molecular flexibility index (Phi) is 6.97. The topological polar surface area (TPSA) is 113 Å². The summed E-state index contributed by atoms with van der Waals surface area (Å²) in [4.78, 5) is 35.5. The molecule has 2 aromatic carbocycles. The highest BCUT2D eigenvalue weighted by molar-refractivity contribution is 5.95. The van der Waals surface area contributed by atoms with Crippen molar-refractivity contribution < 1.29 is 14.3 Å². The summed E-state index contributed by atoms with van der Waals surface area (Å²) in [5, 5.41) is 9.35. The second-order valence-electron chi connectivity index (χ2n) is 9.58. The average Bonchev–Trinajstić information content (AvgIpc) is 3.21. The molecule has 3 heterocycles. The van der Waals surface area contributed by atoms with Gasteiger partial charge in [0.25, 0.3) is 11.8 Å². The first-order valence-electron chi connectivity index (χ1n) is 12.6. The fourth-order valence-corrected chi connectivity index (χ4v) is 4.72. The zero-order chi connectivity index (χ0) is 26.8. The van der Waals surface area contributed by atoms with Gasteiger partial charge in [-0.2, -0.15) is 0 Å². The maximum absolute atomic E-state index is 13.0. The molecule has 3 N–H and O–H groups in total. The first kappa shape index (κ1) is 25.2. The van der Waals surface area contributed by atoms with E-state index < -0.39 is 0 Å². The molecule has 196 valence electrons. The van der Waals surface area contributed by atoms with Crippen molar-refractivity contribution in [2.24, 2.45) is 7.05 Å². The summed E-state index contributed by atoms with van der Waals surface area (Å²) in [5.41, 5.74) is 3.45. The maximum atomic E-state index is 13.0. The van der Waals surface area contributed by atoms with Gasteiger partial charge in [-0.15, -0.1) is 0 Å². The van der Waals surface area contributed by atoms with Gasteiger partial charge in [0.15, 0.2) is 0 Å². The monoisotopic (exact) mass is 513 g/mol. The van der Waals surface area contributed by atoms with E-state index in [0.717, 1.165) is 16.7 Å². The van der Waals surface area contributed by atoms with E-state index in [-0.39, 0.29) is 29.6 Å². The number of imidazole rings is 1. The van der Waals surface area contributed by atoms with Gasteiger partial charge in [-0.05, 0) is 56.3 Å². The number of benzene rings is 2. The van der Waals surface area contributed by atoms with Crippen LogP contribution < -0.4 is 20.7 Å². The summed E-state index contributed by atoms with van der Waals surface area (Å²) < 4.78 is 7.91. The molecule has 4 aromatic rings. The lowest BCUT2D eigenvalue weighted by Gasteiger charge is -2.36. The molecule has 1 fully saturated rings. The number of piperazine rings is 1. The molecule has 0 unspecified atom stereocenters. The normalized spacial score (nSPS) is 17.3. The summed E-state index contributed by atoms with van der Waals surface area (Å²) in [5.74, 6) is 1.52. The van der Waals surface area contributed by atoms with Crippen LogP contribution in [0.2, 0.25) is 0 Å². The van der Waals surface area contributed by atoms with E-state index in [1.165, 1.54) is 6.20 Å². The Morgan fingerprint density at radius 3 is 2.42 bits per heavy atom. The smallest absolute Gasteiger partial charge is 0.269 e. The second-order valence-corrected chi connectivity index (χ2v) is 9.58. The van der Waals surface area contributed by atoms with Crippen LogP contribution in [0.4, 0.5) is 11.6 Å². The summed E-state index contributed by atoms with van der Waals surface area (Å²) in [7, 11) is 3.49. The lowest BCUT2D eigenvalue weighted by atomic mass is 10.1. The Balaban J connectivity index is 1.30. The highest BCUT2D eigenvalue weighted by Gasteiger charge is 2.25. The van der Waals surface area contributed by atoms with Crippen molar-refractivity contribution >= 4 is 34.5 Å². The first-order valence-corrected chi connectivity index (χ1v) is 12.6. The number of ether oxygens (including phenoxy) is 1. The number of fused-ring (bicyclic) bond motifs is 1. The maximum Gasteiger partial charge on any atom is 0.269 e. The number of aromatic nitrogens is 3. The van der Waals surface area contributed by atoms with Crippen LogP contribution in [-0.2, 0) is 7.05 Å². The molecule has 1 saturated heterocycles. The summed E-state index contributed by atoms with van der Waals surface area (Å²) in [6.45, 7) is 5.59. The van der Waals surface area contributed by atoms with Crippen molar-refractivity contribution in [2.45, 2.75) is 25.9 Å². The van der Waals surface area contributed by atoms with Crippen LogP contribution in [0.3, 0.4) is 0 Å². The van der Waals surface area contributed by atoms with Gasteiger partial charge in [0.05, 0.1) is 11.0 Å². The number of pyridine rings is 1. The summed E-state index contributed by atoms with van der Waals surface area (Å²) in [6.07, 6.45) is 1.53. The number of rotatable bonds is 6. The lowest BCUT2D eigenvalue weighted by Crippen LogP contribution is -2.55.